The molecule has 0 saturated carbocycles. The monoisotopic (exact) mass is 288 g/mol. The second kappa shape index (κ2) is 6.78. The Balaban J connectivity index is 2.33. The number of hydrogen-bond acceptors (Lipinski definition) is 2. The Morgan fingerprint density at radius 2 is 1.80 bits per heavy atom. The minimum Gasteiger partial charge on any atom is -0.344 e. The van der Waals surface area contributed by atoms with Crippen LogP contribution in [0, 0.1) is 0 Å². The van der Waals surface area contributed by atoms with E-state index >= 15 is 0 Å². The molecule has 0 bridgehead atoms. The first-order valence-corrected chi connectivity index (χ1v) is 7.29. The summed E-state index contributed by atoms with van der Waals surface area (Å²) in [4.78, 5) is 2.20. The second-order valence-electron chi connectivity index (χ2n) is 4.88. The molecule has 0 amide bonds. The van der Waals surface area contributed by atoms with E-state index in [4.69, 9.17) is 11.6 Å². The quantitative estimate of drug-likeness (QED) is 0.878. The van der Waals surface area contributed by atoms with Crippen LogP contribution < -0.4 is 10.2 Å². The first-order chi connectivity index (χ1) is 9.65. The molecule has 106 valence electrons. The highest BCUT2D eigenvalue weighted by Gasteiger charge is 2.09. The van der Waals surface area contributed by atoms with Gasteiger partial charge < -0.3 is 10.2 Å². The van der Waals surface area contributed by atoms with Crippen LogP contribution >= 0.6 is 11.6 Å². The number of halogens is 1. The molecule has 0 aliphatic heterocycles. The molecular formula is C17H21ClN2. The van der Waals surface area contributed by atoms with Crippen molar-refractivity contribution in [2.24, 2.45) is 0 Å². The van der Waals surface area contributed by atoms with Crippen molar-refractivity contribution in [1.82, 2.24) is 5.32 Å². The van der Waals surface area contributed by atoms with Crippen molar-refractivity contribution in [3.8, 4) is 0 Å². The van der Waals surface area contributed by atoms with Gasteiger partial charge in [0.15, 0.2) is 0 Å². The third-order valence-corrected chi connectivity index (χ3v) is 3.74. The summed E-state index contributed by atoms with van der Waals surface area (Å²) in [7, 11) is 4.03. The fraction of sp³-hybridized carbons (Fsp3) is 0.294. The van der Waals surface area contributed by atoms with Gasteiger partial charge in [-0.25, -0.2) is 0 Å². The number of aryl methyl sites for hydroxylation is 1. The van der Waals surface area contributed by atoms with E-state index in [9.17, 15) is 0 Å². The minimum atomic E-state index is 0.772. The maximum absolute atomic E-state index is 6.10. The fourth-order valence-electron chi connectivity index (χ4n) is 2.31. The van der Waals surface area contributed by atoms with E-state index in [1.807, 2.05) is 19.2 Å². The Labute approximate surface area is 126 Å². The molecule has 0 heterocycles. The van der Waals surface area contributed by atoms with Crippen LogP contribution in [0.1, 0.15) is 18.1 Å². The van der Waals surface area contributed by atoms with Crippen LogP contribution in [-0.4, -0.2) is 14.1 Å². The highest BCUT2D eigenvalue weighted by Crippen LogP contribution is 2.29. The lowest BCUT2D eigenvalue weighted by atomic mass is 10.1. The third-order valence-electron chi connectivity index (χ3n) is 3.50. The van der Waals surface area contributed by atoms with Crippen LogP contribution in [0.4, 0.5) is 11.4 Å². The molecule has 0 aliphatic rings. The molecule has 0 unspecified atom stereocenters. The fourth-order valence-corrected chi connectivity index (χ4v) is 2.50. The van der Waals surface area contributed by atoms with E-state index in [2.05, 4.69) is 54.5 Å². The lowest BCUT2D eigenvalue weighted by molar-refractivity contribution is 0.816. The van der Waals surface area contributed by atoms with E-state index in [-0.39, 0.29) is 0 Å². The number of nitrogens with one attached hydrogen (secondary N) is 1. The Morgan fingerprint density at radius 1 is 1.10 bits per heavy atom. The summed E-state index contributed by atoms with van der Waals surface area (Å²) in [6.45, 7) is 2.97. The minimum absolute atomic E-state index is 0.772. The Hall–Kier alpha value is -1.51. The van der Waals surface area contributed by atoms with Crippen molar-refractivity contribution in [2.45, 2.75) is 19.9 Å². The van der Waals surface area contributed by atoms with Crippen molar-refractivity contribution in [1.29, 1.82) is 0 Å². The molecule has 0 atom stereocenters. The van der Waals surface area contributed by atoms with Crippen LogP contribution in [0.3, 0.4) is 0 Å². The summed E-state index contributed by atoms with van der Waals surface area (Å²) < 4.78 is 0. The standard InChI is InChI=1S/C17H21ClN2/c1-4-13-5-8-16(9-6-13)20(3)17-10-7-15(18)11-14(17)12-19-2/h5-11,19H,4,12H2,1-3H3. The van der Waals surface area contributed by atoms with Gasteiger partial charge in [0.1, 0.15) is 0 Å². The number of anilines is 2. The van der Waals surface area contributed by atoms with Crippen molar-refractivity contribution < 1.29 is 0 Å². The Bertz CT molecular complexity index is 564. The largest absolute Gasteiger partial charge is 0.344 e. The predicted molar refractivity (Wildman–Crippen MR) is 88.1 cm³/mol. The molecule has 0 fully saturated rings. The van der Waals surface area contributed by atoms with Crippen molar-refractivity contribution in [2.75, 3.05) is 19.0 Å². The molecule has 0 aromatic heterocycles. The molecule has 0 radical (unpaired) electrons. The van der Waals surface area contributed by atoms with Gasteiger partial charge in [0.05, 0.1) is 0 Å². The lowest BCUT2D eigenvalue weighted by Crippen LogP contribution is -2.15. The van der Waals surface area contributed by atoms with Crippen molar-refractivity contribution in [3.05, 3.63) is 58.6 Å². The third kappa shape index (κ3) is 3.33. The molecule has 0 aliphatic carbocycles. The zero-order valence-electron chi connectivity index (χ0n) is 12.3. The average Bonchev–Trinajstić information content (AvgIpc) is 2.47. The van der Waals surface area contributed by atoms with Crippen molar-refractivity contribution >= 4 is 23.0 Å². The van der Waals surface area contributed by atoms with Gasteiger partial charge in [-0.3, -0.25) is 0 Å². The first kappa shape index (κ1) is 14.9. The zero-order valence-corrected chi connectivity index (χ0v) is 13.0. The first-order valence-electron chi connectivity index (χ1n) is 6.91. The zero-order chi connectivity index (χ0) is 14.5. The van der Waals surface area contributed by atoms with E-state index in [1.54, 1.807) is 0 Å². The second-order valence-corrected chi connectivity index (χ2v) is 5.32. The summed E-state index contributed by atoms with van der Waals surface area (Å²) in [5.41, 5.74) is 4.91. The summed E-state index contributed by atoms with van der Waals surface area (Å²) in [6.07, 6.45) is 1.07. The van der Waals surface area contributed by atoms with Gasteiger partial charge in [0.2, 0.25) is 0 Å². The van der Waals surface area contributed by atoms with Gasteiger partial charge in [0, 0.05) is 30.0 Å². The summed E-state index contributed by atoms with van der Waals surface area (Å²) >= 11 is 6.10. The Kier molecular flexibility index (Phi) is 5.05. The van der Waals surface area contributed by atoms with Crippen LogP contribution in [0.2, 0.25) is 5.02 Å². The number of hydrogen-bond donors (Lipinski definition) is 1. The number of rotatable bonds is 5. The van der Waals surface area contributed by atoms with Crippen LogP contribution in [-0.2, 0) is 13.0 Å². The number of nitrogens with zero attached hydrogens (tertiary/aromatic N) is 1. The highest BCUT2D eigenvalue weighted by atomic mass is 35.5. The predicted octanol–water partition coefficient (Wildman–Crippen LogP) is 4.39. The molecular weight excluding hydrogens is 268 g/mol. The van der Waals surface area contributed by atoms with Gasteiger partial charge in [-0.2, -0.15) is 0 Å². The summed E-state index contributed by atoms with van der Waals surface area (Å²) in [5, 5.41) is 3.96. The Morgan fingerprint density at radius 3 is 2.40 bits per heavy atom. The van der Waals surface area contributed by atoms with E-state index in [0.29, 0.717) is 0 Å². The van der Waals surface area contributed by atoms with Crippen LogP contribution in [0.5, 0.6) is 0 Å². The van der Waals surface area contributed by atoms with Gasteiger partial charge in [0.25, 0.3) is 0 Å². The average molecular weight is 289 g/mol. The summed E-state index contributed by atoms with van der Waals surface area (Å²) in [5.74, 6) is 0. The molecule has 2 aromatic carbocycles. The van der Waals surface area contributed by atoms with E-state index < -0.39 is 0 Å². The molecule has 0 saturated heterocycles. The van der Waals surface area contributed by atoms with E-state index in [0.717, 1.165) is 18.0 Å². The maximum Gasteiger partial charge on any atom is 0.0454 e. The van der Waals surface area contributed by atoms with Gasteiger partial charge >= 0.3 is 0 Å². The molecule has 2 nitrogen and oxygen atoms in total. The van der Waals surface area contributed by atoms with Gasteiger partial charge in [-0.05, 0) is 54.9 Å². The van der Waals surface area contributed by atoms with Crippen LogP contribution in [0.25, 0.3) is 0 Å². The SMILES string of the molecule is CCc1ccc(N(C)c2ccc(Cl)cc2CNC)cc1. The highest BCUT2D eigenvalue weighted by molar-refractivity contribution is 6.30. The smallest absolute Gasteiger partial charge is 0.0454 e. The molecule has 20 heavy (non-hydrogen) atoms. The van der Waals surface area contributed by atoms with Crippen molar-refractivity contribution in [3.63, 3.8) is 0 Å². The van der Waals surface area contributed by atoms with E-state index in [1.165, 1.54) is 22.5 Å². The maximum atomic E-state index is 6.10. The number of benzene rings is 2. The normalized spacial score (nSPS) is 10.6. The molecule has 2 aromatic rings. The molecule has 2 rings (SSSR count). The molecule has 3 heteroatoms. The topological polar surface area (TPSA) is 15.3 Å². The summed E-state index contributed by atoms with van der Waals surface area (Å²) in [6, 6.07) is 14.7. The van der Waals surface area contributed by atoms with Crippen LogP contribution in [0.15, 0.2) is 42.5 Å². The lowest BCUT2D eigenvalue weighted by Gasteiger charge is -2.23. The molecule has 0 spiro atoms. The van der Waals surface area contributed by atoms with Gasteiger partial charge in [-0.1, -0.05) is 30.7 Å². The van der Waals surface area contributed by atoms with Gasteiger partial charge in [-0.15, -0.1) is 0 Å². The molecule has 1 N–H and O–H groups in total.